The van der Waals surface area contributed by atoms with E-state index in [2.05, 4.69) is 15.2 Å². The van der Waals surface area contributed by atoms with Gasteiger partial charge in [0.25, 0.3) is 5.56 Å². The predicted octanol–water partition coefficient (Wildman–Crippen LogP) is 4.24. The van der Waals surface area contributed by atoms with E-state index in [-0.39, 0.29) is 17.1 Å². The summed E-state index contributed by atoms with van der Waals surface area (Å²) >= 11 is 1.33. The molecule has 5 rings (SSSR count). The van der Waals surface area contributed by atoms with Crippen LogP contribution in [0.15, 0.2) is 58.5 Å². The molecule has 8 nitrogen and oxygen atoms in total. The van der Waals surface area contributed by atoms with Gasteiger partial charge in [-0.15, -0.1) is 10.2 Å². The van der Waals surface area contributed by atoms with E-state index < -0.39 is 0 Å². The zero-order valence-electron chi connectivity index (χ0n) is 19.1. The predicted molar refractivity (Wildman–Crippen MR) is 134 cm³/mol. The van der Waals surface area contributed by atoms with Crippen LogP contribution in [0.1, 0.15) is 29.4 Å². The summed E-state index contributed by atoms with van der Waals surface area (Å²) in [4.78, 5) is 29.7. The van der Waals surface area contributed by atoms with Gasteiger partial charge in [-0.1, -0.05) is 42.1 Å². The standard InChI is InChI=1S/C25H25N5O3S/c1-3-33-14-8-13-29-23(32)18-10-5-7-12-20(18)30-24(29)27-28-25(30)34-15-21(31)22-16(2)26-19-11-6-4-9-17(19)22/h4-7,9-12,26H,3,8,13-15H2,1-2H3. The van der Waals surface area contributed by atoms with Gasteiger partial charge in [-0.2, -0.15) is 0 Å². The van der Waals surface area contributed by atoms with Crippen molar-refractivity contribution in [1.82, 2.24) is 24.1 Å². The number of aryl methyl sites for hydroxylation is 2. The van der Waals surface area contributed by atoms with E-state index >= 15 is 0 Å². The van der Waals surface area contributed by atoms with Crippen molar-refractivity contribution in [2.45, 2.75) is 32.0 Å². The van der Waals surface area contributed by atoms with Gasteiger partial charge in [0.1, 0.15) is 0 Å². The summed E-state index contributed by atoms with van der Waals surface area (Å²) in [7, 11) is 0. The van der Waals surface area contributed by atoms with Gasteiger partial charge >= 0.3 is 0 Å². The van der Waals surface area contributed by atoms with Crippen LogP contribution in [0.2, 0.25) is 0 Å². The molecule has 0 aliphatic rings. The smallest absolute Gasteiger partial charge is 0.262 e. The largest absolute Gasteiger partial charge is 0.382 e. The van der Waals surface area contributed by atoms with Gasteiger partial charge in [0, 0.05) is 41.9 Å². The molecule has 174 valence electrons. The zero-order valence-corrected chi connectivity index (χ0v) is 19.9. The Bertz CT molecular complexity index is 1570. The first-order valence-corrected chi connectivity index (χ1v) is 12.3. The Kier molecular flexibility index (Phi) is 6.21. The number of aromatic amines is 1. The van der Waals surface area contributed by atoms with Crippen LogP contribution in [0.3, 0.4) is 0 Å². The summed E-state index contributed by atoms with van der Waals surface area (Å²) in [6, 6.07) is 15.2. The molecule has 0 unspecified atom stereocenters. The van der Waals surface area contributed by atoms with E-state index in [0.29, 0.717) is 48.1 Å². The topological polar surface area (TPSA) is 94.3 Å². The fourth-order valence-electron chi connectivity index (χ4n) is 4.34. The Hall–Kier alpha value is -3.43. The highest BCUT2D eigenvalue weighted by molar-refractivity contribution is 7.99. The summed E-state index contributed by atoms with van der Waals surface area (Å²) in [5, 5.41) is 10.8. The second-order valence-electron chi connectivity index (χ2n) is 8.02. The van der Waals surface area contributed by atoms with Gasteiger partial charge in [0.2, 0.25) is 5.78 Å². The molecule has 0 saturated heterocycles. The fraction of sp³-hybridized carbons (Fsp3) is 0.280. The number of hydrogen-bond acceptors (Lipinski definition) is 6. The Morgan fingerprint density at radius 3 is 2.68 bits per heavy atom. The lowest BCUT2D eigenvalue weighted by Crippen LogP contribution is -2.24. The van der Waals surface area contributed by atoms with Crippen LogP contribution >= 0.6 is 11.8 Å². The third kappa shape index (κ3) is 3.91. The number of rotatable bonds is 9. The number of nitrogens with zero attached hydrogens (tertiary/aromatic N) is 4. The van der Waals surface area contributed by atoms with Crippen molar-refractivity contribution >= 4 is 45.1 Å². The van der Waals surface area contributed by atoms with Gasteiger partial charge in [0.05, 0.1) is 16.7 Å². The van der Waals surface area contributed by atoms with E-state index in [0.717, 1.165) is 22.1 Å². The number of fused-ring (bicyclic) bond motifs is 4. The molecule has 0 aliphatic carbocycles. The summed E-state index contributed by atoms with van der Waals surface area (Å²) in [6.45, 7) is 5.54. The van der Waals surface area contributed by atoms with Crippen molar-refractivity contribution in [3.05, 3.63) is 70.1 Å². The number of carbonyl (C=O) groups excluding carboxylic acids is 1. The number of thioether (sulfide) groups is 1. The van der Waals surface area contributed by atoms with Crippen LogP contribution in [0.25, 0.3) is 27.6 Å². The van der Waals surface area contributed by atoms with Crippen molar-refractivity contribution in [1.29, 1.82) is 0 Å². The van der Waals surface area contributed by atoms with Crippen LogP contribution in [0, 0.1) is 6.92 Å². The Morgan fingerprint density at radius 1 is 1.09 bits per heavy atom. The first kappa shape index (κ1) is 22.4. The average molecular weight is 476 g/mol. The maximum absolute atomic E-state index is 13.2. The average Bonchev–Trinajstić information content (AvgIpc) is 3.42. The van der Waals surface area contributed by atoms with Crippen molar-refractivity contribution in [3.63, 3.8) is 0 Å². The molecular weight excluding hydrogens is 450 g/mol. The molecule has 34 heavy (non-hydrogen) atoms. The summed E-state index contributed by atoms with van der Waals surface area (Å²) in [5.74, 6) is 0.700. The molecule has 0 fully saturated rings. The number of Topliss-reactive ketones (excluding diaryl/α,β-unsaturated/α-hetero) is 1. The molecule has 3 aromatic heterocycles. The summed E-state index contributed by atoms with van der Waals surface area (Å²) < 4.78 is 8.95. The number of ketones is 1. The Balaban J connectivity index is 1.50. The van der Waals surface area contributed by atoms with E-state index in [4.69, 9.17) is 4.74 Å². The van der Waals surface area contributed by atoms with Crippen molar-refractivity contribution in [2.24, 2.45) is 0 Å². The number of nitrogens with one attached hydrogen (secondary N) is 1. The highest BCUT2D eigenvalue weighted by atomic mass is 32.2. The van der Waals surface area contributed by atoms with Gasteiger partial charge in [-0.25, -0.2) is 0 Å². The quantitative estimate of drug-likeness (QED) is 0.195. The first-order chi connectivity index (χ1) is 16.6. The molecule has 0 radical (unpaired) electrons. The van der Waals surface area contributed by atoms with Gasteiger partial charge in [-0.05, 0) is 38.5 Å². The minimum Gasteiger partial charge on any atom is -0.382 e. The SMILES string of the molecule is CCOCCCn1c(=O)c2ccccc2n2c(SCC(=O)c3c(C)[nH]c4ccccc34)nnc12. The van der Waals surface area contributed by atoms with E-state index in [1.54, 1.807) is 4.57 Å². The van der Waals surface area contributed by atoms with Gasteiger partial charge < -0.3 is 9.72 Å². The highest BCUT2D eigenvalue weighted by Crippen LogP contribution is 2.26. The summed E-state index contributed by atoms with van der Waals surface area (Å²) in [6.07, 6.45) is 0.690. The highest BCUT2D eigenvalue weighted by Gasteiger charge is 2.20. The van der Waals surface area contributed by atoms with Crippen molar-refractivity contribution in [2.75, 3.05) is 19.0 Å². The number of ether oxygens (including phenoxy) is 1. The monoisotopic (exact) mass is 475 g/mol. The van der Waals surface area contributed by atoms with Gasteiger partial charge in [-0.3, -0.25) is 18.6 Å². The second kappa shape index (κ2) is 9.44. The normalized spacial score (nSPS) is 11.7. The number of benzene rings is 2. The first-order valence-electron chi connectivity index (χ1n) is 11.3. The minimum atomic E-state index is -0.103. The maximum Gasteiger partial charge on any atom is 0.262 e. The molecule has 2 aromatic carbocycles. The van der Waals surface area contributed by atoms with Gasteiger partial charge in [0.15, 0.2) is 10.9 Å². The number of aromatic nitrogens is 5. The Morgan fingerprint density at radius 2 is 1.85 bits per heavy atom. The van der Waals surface area contributed by atoms with E-state index in [1.165, 1.54) is 11.8 Å². The molecular formula is C25H25N5O3S. The number of para-hydroxylation sites is 2. The lowest BCUT2D eigenvalue weighted by molar-refractivity contribution is 0.102. The van der Waals surface area contributed by atoms with E-state index in [9.17, 15) is 9.59 Å². The van der Waals surface area contributed by atoms with Crippen molar-refractivity contribution in [3.8, 4) is 0 Å². The zero-order chi connectivity index (χ0) is 23.7. The lowest BCUT2D eigenvalue weighted by Gasteiger charge is -2.11. The second-order valence-corrected chi connectivity index (χ2v) is 8.97. The molecule has 0 spiro atoms. The van der Waals surface area contributed by atoms with Crippen LogP contribution in [0.4, 0.5) is 0 Å². The molecule has 5 aromatic rings. The third-order valence-corrected chi connectivity index (χ3v) is 6.79. The van der Waals surface area contributed by atoms with Crippen LogP contribution in [0.5, 0.6) is 0 Å². The van der Waals surface area contributed by atoms with Crippen LogP contribution < -0.4 is 5.56 Å². The minimum absolute atomic E-state index is 0.0195. The van der Waals surface area contributed by atoms with E-state index in [1.807, 2.05) is 66.8 Å². The number of H-pyrrole nitrogens is 1. The molecule has 0 saturated carbocycles. The molecule has 0 atom stereocenters. The molecule has 0 aliphatic heterocycles. The molecule has 0 amide bonds. The van der Waals surface area contributed by atoms with Crippen LogP contribution in [-0.2, 0) is 11.3 Å². The Labute approximate surface area is 199 Å². The lowest BCUT2D eigenvalue weighted by atomic mass is 10.1. The molecule has 9 heteroatoms. The van der Waals surface area contributed by atoms with Crippen LogP contribution in [-0.4, -0.2) is 48.9 Å². The summed E-state index contributed by atoms with van der Waals surface area (Å²) in [5.41, 5.74) is 3.13. The molecule has 3 heterocycles. The van der Waals surface area contributed by atoms with Crippen molar-refractivity contribution < 1.29 is 9.53 Å². The number of hydrogen-bond donors (Lipinski definition) is 1. The third-order valence-electron chi connectivity index (χ3n) is 5.86. The molecule has 1 N–H and O–H groups in total. The number of carbonyl (C=O) groups is 1. The molecule has 0 bridgehead atoms. The fourth-order valence-corrected chi connectivity index (χ4v) is 5.15. The maximum atomic E-state index is 13.2.